The maximum absolute atomic E-state index is 5.60. The molecule has 1 aromatic rings. The van der Waals surface area contributed by atoms with Gasteiger partial charge < -0.3 is 11.1 Å². The van der Waals surface area contributed by atoms with Crippen LogP contribution in [0.25, 0.3) is 0 Å². The average Bonchev–Trinajstić information content (AvgIpc) is 2.73. The van der Waals surface area contributed by atoms with Crippen molar-refractivity contribution in [2.24, 2.45) is 11.7 Å². The molecule has 0 spiro atoms. The van der Waals surface area contributed by atoms with Gasteiger partial charge in [-0.25, -0.2) is 0 Å². The van der Waals surface area contributed by atoms with E-state index < -0.39 is 0 Å². The van der Waals surface area contributed by atoms with Crippen LogP contribution < -0.4 is 11.1 Å². The number of aryl methyl sites for hydroxylation is 1. The molecule has 1 aromatic heterocycles. The second-order valence-corrected chi connectivity index (χ2v) is 5.49. The minimum Gasteiger partial charge on any atom is -0.330 e. The van der Waals surface area contributed by atoms with Crippen molar-refractivity contribution >= 4 is 11.3 Å². The minimum atomic E-state index is 0.824. The van der Waals surface area contributed by atoms with E-state index in [1.807, 2.05) is 0 Å². The zero-order valence-electron chi connectivity index (χ0n) is 11.2. The topological polar surface area (TPSA) is 38.0 Å². The molecule has 17 heavy (non-hydrogen) atoms. The molecular formula is C14H26N2S. The van der Waals surface area contributed by atoms with Crippen LogP contribution in [0.15, 0.2) is 10.8 Å². The quantitative estimate of drug-likeness (QED) is 0.664. The molecule has 1 unspecified atom stereocenters. The summed E-state index contributed by atoms with van der Waals surface area (Å²) in [4.78, 5) is 0. The van der Waals surface area contributed by atoms with Gasteiger partial charge in [0.1, 0.15) is 0 Å². The molecule has 1 atom stereocenters. The van der Waals surface area contributed by atoms with Gasteiger partial charge in [-0.3, -0.25) is 0 Å². The van der Waals surface area contributed by atoms with E-state index in [1.54, 1.807) is 11.3 Å². The zero-order chi connectivity index (χ0) is 12.5. The maximum atomic E-state index is 5.60. The number of rotatable bonds is 9. The second kappa shape index (κ2) is 8.67. The Morgan fingerprint density at radius 2 is 2.18 bits per heavy atom. The second-order valence-electron chi connectivity index (χ2n) is 4.75. The molecule has 2 nitrogen and oxygen atoms in total. The molecule has 3 heteroatoms. The zero-order valence-corrected chi connectivity index (χ0v) is 12.0. The summed E-state index contributed by atoms with van der Waals surface area (Å²) in [5.41, 5.74) is 8.46. The fraction of sp³-hybridized carbons (Fsp3) is 0.714. The van der Waals surface area contributed by atoms with Crippen LogP contribution in [-0.4, -0.2) is 13.1 Å². The molecule has 0 aromatic carbocycles. The molecule has 3 N–H and O–H groups in total. The Hall–Kier alpha value is -0.380. The van der Waals surface area contributed by atoms with E-state index in [0.29, 0.717) is 0 Å². The Labute approximate surface area is 110 Å². The van der Waals surface area contributed by atoms with Gasteiger partial charge in [-0.15, -0.1) is 0 Å². The van der Waals surface area contributed by atoms with Gasteiger partial charge >= 0.3 is 0 Å². The van der Waals surface area contributed by atoms with Crippen LogP contribution in [0.5, 0.6) is 0 Å². The fourth-order valence-electron chi connectivity index (χ4n) is 2.10. The smallest absolute Gasteiger partial charge is 0.0216 e. The standard InChI is InChI=1S/C14H26N2S/c1-3-13(6-7-15)5-4-8-16-9-14-11-17-10-12(14)2/h10-11,13,16H,3-9,15H2,1-2H3. The molecule has 1 rings (SSSR count). The summed E-state index contributed by atoms with van der Waals surface area (Å²) in [5.74, 6) is 0.824. The van der Waals surface area contributed by atoms with Gasteiger partial charge in [0.2, 0.25) is 0 Å². The fourth-order valence-corrected chi connectivity index (χ4v) is 2.95. The summed E-state index contributed by atoms with van der Waals surface area (Å²) >= 11 is 1.79. The van der Waals surface area contributed by atoms with Crippen molar-refractivity contribution in [3.63, 3.8) is 0 Å². The van der Waals surface area contributed by atoms with Crippen LogP contribution in [0.1, 0.15) is 43.7 Å². The number of nitrogens with one attached hydrogen (secondary N) is 1. The monoisotopic (exact) mass is 254 g/mol. The van der Waals surface area contributed by atoms with E-state index >= 15 is 0 Å². The molecule has 0 saturated heterocycles. The van der Waals surface area contributed by atoms with Crippen LogP contribution in [0.3, 0.4) is 0 Å². The van der Waals surface area contributed by atoms with E-state index in [0.717, 1.165) is 25.6 Å². The molecule has 0 aliphatic carbocycles. The van der Waals surface area contributed by atoms with E-state index in [9.17, 15) is 0 Å². The van der Waals surface area contributed by atoms with Crippen LogP contribution in [0, 0.1) is 12.8 Å². The van der Waals surface area contributed by atoms with Crippen LogP contribution in [-0.2, 0) is 6.54 Å². The summed E-state index contributed by atoms with van der Waals surface area (Å²) < 4.78 is 0. The molecule has 0 saturated carbocycles. The molecule has 0 amide bonds. The van der Waals surface area contributed by atoms with Gasteiger partial charge in [0.05, 0.1) is 0 Å². The average molecular weight is 254 g/mol. The Balaban J connectivity index is 2.06. The van der Waals surface area contributed by atoms with Gasteiger partial charge in [0, 0.05) is 6.54 Å². The molecule has 0 fully saturated rings. The Bertz CT molecular complexity index is 296. The summed E-state index contributed by atoms with van der Waals surface area (Å²) in [6.45, 7) is 7.42. The summed E-state index contributed by atoms with van der Waals surface area (Å²) in [6, 6.07) is 0. The highest BCUT2D eigenvalue weighted by Crippen LogP contribution is 2.15. The Morgan fingerprint density at radius 3 is 2.76 bits per heavy atom. The van der Waals surface area contributed by atoms with Crippen molar-refractivity contribution in [1.82, 2.24) is 5.32 Å². The number of nitrogens with two attached hydrogens (primary N) is 1. The van der Waals surface area contributed by atoms with Crippen LogP contribution in [0.4, 0.5) is 0 Å². The highest BCUT2D eigenvalue weighted by molar-refractivity contribution is 7.08. The first kappa shape index (κ1) is 14.7. The van der Waals surface area contributed by atoms with Gasteiger partial charge in [-0.1, -0.05) is 13.3 Å². The first-order valence-corrected chi connectivity index (χ1v) is 7.64. The van der Waals surface area contributed by atoms with Gasteiger partial charge in [-0.2, -0.15) is 11.3 Å². The lowest BCUT2D eigenvalue weighted by Crippen LogP contribution is -2.16. The molecule has 0 radical (unpaired) electrons. The van der Waals surface area contributed by atoms with Crippen molar-refractivity contribution in [3.8, 4) is 0 Å². The highest BCUT2D eigenvalue weighted by atomic mass is 32.1. The molecule has 98 valence electrons. The van der Waals surface area contributed by atoms with Crippen LogP contribution >= 0.6 is 11.3 Å². The normalized spacial score (nSPS) is 12.9. The third kappa shape index (κ3) is 5.66. The highest BCUT2D eigenvalue weighted by Gasteiger charge is 2.04. The van der Waals surface area contributed by atoms with Gasteiger partial charge in [0.25, 0.3) is 0 Å². The minimum absolute atomic E-state index is 0.824. The number of hydrogen-bond donors (Lipinski definition) is 2. The lowest BCUT2D eigenvalue weighted by atomic mass is 9.97. The van der Waals surface area contributed by atoms with Crippen molar-refractivity contribution in [1.29, 1.82) is 0 Å². The number of hydrogen-bond acceptors (Lipinski definition) is 3. The lowest BCUT2D eigenvalue weighted by Gasteiger charge is -2.13. The Morgan fingerprint density at radius 1 is 1.35 bits per heavy atom. The largest absolute Gasteiger partial charge is 0.330 e. The molecule has 0 aliphatic rings. The third-order valence-corrected chi connectivity index (χ3v) is 4.31. The van der Waals surface area contributed by atoms with E-state index in [2.05, 4.69) is 29.9 Å². The molecule has 1 heterocycles. The predicted octanol–water partition coefficient (Wildman–Crippen LogP) is 3.30. The van der Waals surface area contributed by atoms with E-state index in [1.165, 1.54) is 36.8 Å². The molecular weight excluding hydrogens is 228 g/mol. The third-order valence-electron chi connectivity index (χ3n) is 3.40. The first-order valence-electron chi connectivity index (χ1n) is 6.70. The summed E-state index contributed by atoms with van der Waals surface area (Å²) in [5, 5.41) is 7.98. The van der Waals surface area contributed by atoms with Crippen molar-refractivity contribution < 1.29 is 0 Å². The Kier molecular flexibility index (Phi) is 7.49. The SMILES string of the molecule is CCC(CCN)CCCNCc1cscc1C. The first-order chi connectivity index (χ1) is 8.27. The van der Waals surface area contributed by atoms with Gasteiger partial charge in [-0.05, 0) is 67.1 Å². The van der Waals surface area contributed by atoms with Crippen molar-refractivity contribution in [2.75, 3.05) is 13.1 Å². The summed E-state index contributed by atoms with van der Waals surface area (Å²) in [7, 11) is 0. The van der Waals surface area contributed by atoms with Crippen molar-refractivity contribution in [3.05, 3.63) is 21.9 Å². The lowest BCUT2D eigenvalue weighted by molar-refractivity contribution is 0.422. The van der Waals surface area contributed by atoms with E-state index in [-0.39, 0.29) is 0 Å². The molecule has 0 aliphatic heterocycles. The number of thiophene rings is 1. The van der Waals surface area contributed by atoms with E-state index in [4.69, 9.17) is 5.73 Å². The van der Waals surface area contributed by atoms with Crippen molar-refractivity contribution in [2.45, 2.75) is 46.1 Å². The van der Waals surface area contributed by atoms with Gasteiger partial charge in [0.15, 0.2) is 0 Å². The maximum Gasteiger partial charge on any atom is 0.0216 e. The van der Waals surface area contributed by atoms with Crippen LogP contribution in [0.2, 0.25) is 0 Å². The molecule has 0 bridgehead atoms. The predicted molar refractivity (Wildman–Crippen MR) is 77.4 cm³/mol. The summed E-state index contributed by atoms with van der Waals surface area (Å²) in [6.07, 6.45) is 5.02.